The molecule has 25 heavy (non-hydrogen) atoms. The van der Waals surface area contributed by atoms with Crippen LogP contribution in [0.3, 0.4) is 0 Å². The Morgan fingerprint density at radius 3 is 2.48 bits per heavy atom. The molecule has 5 heteroatoms. The van der Waals surface area contributed by atoms with Gasteiger partial charge in [-0.05, 0) is 43.2 Å². The molecule has 3 aromatic rings. The highest BCUT2D eigenvalue weighted by atomic mass is 16.6. The molecule has 0 spiro atoms. The predicted octanol–water partition coefficient (Wildman–Crippen LogP) is 4.55. The van der Waals surface area contributed by atoms with E-state index in [1.165, 1.54) is 5.56 Å². The third kappa shape index (κ3) is 3.83. The van der Waals surface area contributed by atoms with E-state index in [9.17, 15) is 10.1 Å². The average molecular weight is 335 g/mol. The Bertz CT molecular complexity index is 879. The van der Waals surface area contributed by atoms with E-state index in [2.05, 4.69) is 35.9 Å². The van der Waals surface area contributed by atoms with Crippen LogP contribution in [0.15, 0.2) is 60.8 Å². The Morgan fingerprint density at radius 1 is 1.04 bits per heavy atom. The van der Waals surface area contributed by atoms with Crippen LogP contribution in [0.1, 0.15) is 25.0 Å². The van der Waals surface area contributed by atoms with Crippen LogP contribution >= 0.6 is 0 Å². The van der Waals surface area contributed by atoms with Crippen LogP contribution < -0.4 is 0 Å². The van der Waals surface area contributed by atoms with E-state index in [1.807, 2.05) is 24.3 Å². The van der Waals surface area contributed by atoms with Gasteiger partial charge in [0, 0.05) is 31.4 Å². The summed E-state index contributed by atoms with van der Waals surface area (Å²) in [5, 5.41) is 11.9. The molecule has 0 unspecified atom stereocenters. The number of pyridine rings is 1. The number of nitro benzene ring substituents is 1. The lowest BCUT2D eigenvalue weighted by molar-refractivity contribution is -0.383. The van der Waals surface area contributed by atoms with Crippen LogP contribution in [-0.4, -0.2) is 20.8 Å². The van der Waals surface area contributed by atoms with Gasteiger partial charge in [0.25, 0.3) is 5.69 Å². The number of nitrogens with zero attached hydrogens (tertiary/aromatic N) is 3. The minimum atomic E-state index is -0.349. The molecule has 0 saturated heterocycles. The van der Waals surface area contributed by atoms with Crippen molar-refractivity contribution < 1.29 is 4.92 Å². The van der Waals surface area contributed by atoms with Crippen molar-refractivity contribution in [1.82, 2.24) is 9.88 Å². The van der Waals surface area contributed by atoms with Crippen LogP contribution in [0.4, 0.5) is 5.69 Å². The summed E-state index contributed by atoms with van der Waals surface area (Å²) in [7, 11) is 0. The summed E-state index contributed by atoms with van der Waals surface area (Å²) in [5.41, 5.74) is 3.06. The van der Waals surface area contributed by atoms with Gasteiger partial charge in [-0.2, -0.15) is 0 Å². The van der Waals surface area contributed by atoms with Crippen molar-refractivity contribution in [2.45, 2.75) is 33.0 Å². The maximum Gasteiger partial charge on any atom is 0.278 e. The number of rotatable bonds is 6. The minimum Gasteiger partial charge on any atom is -0.292 e. The van der Waals surface area contributed by atoms with E-state index in [1.54, 1.807) is 24.4 Å². The van der Waals surface area contributed by atoms with Crippen LogP contribution in [-0.2, 0) is 13.1 Å². The summed E-state index contributed by atoms with van der Waals surface area (Å²) in [6.45, 7) is 5.83. The molecule has 3 rings (SSSR count). The molecule has 0 aliphatic rings. The van der Waals surface area contributed by atoms with Gasteiger partial charge in [0.05, 0.1) is 15.8 Å². The number of hydrogen-bond acceptors (Lipinski definition) is 4. The van der Waals surface area contributed by atoms with Crippen molar-refractivity contribution in [3.8, 4) is 0 Å². The second kappa shape index (κ2) is 7.40. The molecule has 0 fully saturated rings. The molecule has 2 aromatic carbocycles. The summed E-state index contributed by atoms with van der Waals surface area (Å²) < 4.78 is 0. The quantitative estimate of drug-likeness (QED) is 0.490. The van der Waals surface area contributed by atoms with Gasteiger partial charge in [-0.1, -0.05) is 30.3 Å². The summed E-state index contributed by atoms with van der Waals surface area (Å²) in [4.78, 5) is 17.7. The first-order valence-corrected chi connectivity index (χ1v) is 8.35. The van der Waals surface area contributed by atoms with E-state index in [-0.39, 0.29) is 10.6 Å². The largest absolute Gasteiger partial charge is 0.292 e. The fraction of sp³-hybridized carbons (Fsp3) is 0.250. The Morgan fingerprint density at radius 2 is 1.80 bits per heavy atom. The standard InChI is InChI=1S/C20H21N3O2/c1-15(2)22(13-16-7-4-3-5-8-16)14-17-10-11-19(23(24)25)18-9-6-12-21-20(17)18/h3-12,15H,13-14H2,1-2H3. The Kier molecular flexibility index (Phi) is 5.05. The highest BCUT2D eigenvalue weighted by Crippen LogP contribution is 2.28. The molecule has 5 nitrogen and oxygen atoms in total. The summed E-state index contributed by atoms with van der Waals surface area (Å²) in [5.74, 6) is 0. The first kappa shape index (κ1) is 17.0. The van der Waals surface area contributed by atoms with Crippen molar-refractivity contribution in [1.29, 1.82) is 0 Å². The average Bonchev–Trinajstić information content (AvgIpc) is 2.61. The smallest absolute Gasteiger partial charge is 0.278 e. The fourth-order valence-electron chi connectivity index (χ4n) is 2.96. The van der Waals surface area contributed by atoms with Gasteiger partial charge in [0.1, 0.15) is 0 Å². The fourth-order valence-corrected chi connectivity index (χ4v) is 2.96. The minimum absolute atomic E-state index is 0.103. The van der Waals surface area contributed by atoms with Gasteiger partial charge < -0.3 is 0 Å². The van der Waals surface area contributed by atoms with Crippen molar-refractivity contribution >= 4 is 16.6 Å². The molecule has 0 aliphatic carbocycles. The zero-order chi connectivity index (χ0) is 17.8. The number of non-ortho nitro benzene ring substituents is 1. The van der Waals surface area contributed by atoms with Crippen molar-refractivity contribution in [2.24, 2.45) is 0 Å². The van der Waals surface area contributed by atoms with E-state index < -0.39 is 0 Å². The molecule has 1 aromatic heterocycles. The van der Waals surface area contributed by atoms with Gasteiger partial charge in [0.2, 0.25) is 0 Å². The molecule has 0 amide bonds. The Labute approximate surface area is 147 Å². The lowest BCUT2D eigenvalue weighted by atomic mass is 10.1. The van der Waals surface area contributed by atoms with Gasteiger partial charge >= 0.3 is 0 Å². The van der Waals surface area contributed by atoms with Gasteiger partial charge in [-0.3, -0.25) is 20.0 Å². The SMILES string of the molecule is CC(C)N(Cc1ccccc1)Cc1ccc([N+](=O)[O-])c2cccnc12. The maximum absolute atomic E-state index is 11.3. The number of fused-ring (bicyclic) bond motifs is 1. The van der Waals surface area contributed by atoms with E-state index in [4.69, 9.17) is 0 Å². The van der Waals surface area contributed by atoms with Crippen molar-refractivity contribution in [2.75, 3.05) is 0 Å². The molecule has 0 N–H and O–H groups in total. The topological polar surface area (TPSA) is 59.3 Å². The van der Waals surface area contributed by atoms with Gasteiger partial charge in [-0.25, -0.2) is 0 Å². The molecule has 0 atom stereocenters. The Balaban J connectivity index is 1.95. The summed E-state index contributed by atoms with van der Waals surface area (Å²) >= 11 is 0. The first-order valence-electron chi connectivity index (χ1n) is 8.35. The third-order valence-corrected chi connectivity index (χ3v) is 4.36. The first-order chi connectivity index (χ1) is 12.1. The lowest BCUT2D eigenvalue weighted by Gasteiger charge is -2.27. The molecule has 128 valence electrons. The molecule has 0 saturated carbocycles. The van der Waals surface area contributed by atoms with E-state index in [0.29, 0.717) is 23.5 Å². The van der Waals surface area contributed by atoms with Crippen LogP contribution in [0.25, 0.3) is 10.9 Å². The molecule has 0 bridgehead atoms. The second-order valence-corrected chi connectivity index (χ2v) is 6.38. The molecule has 0 radical (unpaired) electrons. The number of nitro groups is 1. The maximum atomic E-state index is 11.3. The van der Waals surface area contributed by atoms with Crippen LogP contribution in [0.2, 0.25) is 0 Å². The number of benzene rings is 2. The molecular formula is C20H21N3O2. The van der Waals surface area contributed by atoms with E-state index >= 15 is 0 Å². The summed E-state index contributed by atoms with van der Waals surface area (Å²) in [6, 6.07) is 17.6. The summed E-state index contributed by atoms with van der Waals surface area (Å²) in [6.07, 6.45) is 1.69. The van der Waals surface area contributed by atoms with E-state index in [0.717, 1.165) is 12.1 Å². The van der Waals surface area contributed by atoms with Gasteiger partial charge in [-0.15, -0.1) is 0 Å². The monoisotopic (exact) mass is 335 g/mol. The number of aromatic nitrogens is 1. The zero-order valence-electron chi connectivity index (χ0n) is 14.4. The molecular weight excluding hydrogens is 314 g/mol. The van der Waals surface area contributed by atoms with Crippen LogP contribution in [0.5, 0.6) is 0 Å². The highest BCUT2D eigenvalue weighted by Gasteiger charge is 2.18. The lowest BCUT2D eigenvalue weighted by Crippen LogP contribution is -2.30. The molecule has 1 heterocycles. The zero-order valence-corrected chi connectivity index (χ0v) is 14.4. The van der Waals surface area contributed by atoms with Crippen molar-refractivity contribution in [3.05, 3.63) is 82.0 Å². The third-order valence-electron chi connectivity index (χ3n) is 4.36. The Hall–Kier alpha value is -2.79. The predicted molar refractivity (Wildman–Crippen MR) is 99.2 cm³/mol. The molecule has 0 aliphatic heterocycles. The van der Waals surface area contributed by atoms with Crippen molar-refractivity contribution in [3.63, 3.8) is 0 Å². The highest BCUT2D eigenvalue weighted by molar-refractivity contribution is 5.90. The second-order valence-electron chi connectivity index (χ2n) is 6.38. The van der Waals surface area contributed by atoms with Crippen LogP contribution in [0, 0.1) is 10.1 Å². The number of hydrogen-bond donors (Lipinski definition) is 0. The van der Waals surface area contributed by atoms with Gasteiger partial charge in [0.15, 0.2) is 0 Å². The normalized spacial score (nSPS) is 11.4.